The quantitative estimate of drug-likeness (QED) is 0.756. The minimum Gasteiger partial charge on any atom is -0.454 e. The van der Waals surface area contributed by atoms with Crippen molar-refractivity contribution in [3.63, 3.8) is 0 Å². The first-order chi connectivity index (χ1) is 13.1. The van der Waals surface area contributed by atoms with Crippen molar-refractivity contribution < 1.29 is 19.1 Å². The van der Waals surface area contributed by atoms with Gasteiger partial charge in [0.1, 0.15) is 0 Å². The predicted octanol–water partition coefficient (Wildman–Crippen LogP) is 1.46. The lowest BCUT2D eigenvalue weighted by Gasteiger charge is -2.35. The van der Waals surface area contributed by atoms with E-state index in [0.29, 0.717) is 25.8 Å². The van der Waals surface area contributed by atoms with E-state index in [1.807, 2.05) is 21.9 Å². The Morgan fingerprint density at radius 2 is 1.85 bits per heavy atom. The van der Waals surface area contributed by atoms with Gasteiger partial charge < -0.3 is 19.3 Å². The van der Waals surface area contributed by atoms with E-state index in [2.05, 4.69) is 11.0 Å². The average molecular weight is 373 g/mol. The highest BCUT2D eigenvalue weighted by Gasteiger charge is 2.31. The minimum absolute atomic E-state index is 0.0823. The van der Waals surface area contributed by atoms with Crippen LogP contribution >= 0.6 is 0 Å². The number of hydrogen-bond donors (Lipinski definition) is 0. The number of ether oxygens (including phenoxy) is 2. The van der Waals surface area contributed by atoms with Crippen LogP contribution in [0.1, 0.15) is 31.7 Å². The Kier molecular flexibility index (Phi) is 5.20. The second-order valence-electron chi connectivity index (χ2n) is 7.54. The highest BCUT2D eigenvalue weighted by Crippen LogP contribution is 2.33. The van der Waals surface area contributed by atoms with Crippen molar-refractivity contribution in [3.8, 4) is 11.5 Å². The van der Waals surface area contributed by atoms with Crippen LogP contribution in [0.25, 0.3) is 0 Å². The summed E-state index contributed by atoms with van der Waals surface area (Å²) in [5.41, 5.74) is 1.19. The maximum absolute atomic E-state index is 12.5. The molecule has 2 amide bonds. The van der Waals surface area contributed by atoms with E-state index in [9.17, 15) is 9.59 Å². The summed E-state index contributed by atoms with van der Waals surface area (Å²) < 4.78 is 10.8. The van der Waals surface area contributed by atoms with Crippen LogP contribution in [0, 0.1) is 0 Å². The molecule has 1 saturated heterocycles. The van der Waals surface area contributed by atoms with E-state index in [0.717, 1.165) is 57.1 Å². The van der Waals surface area contributed by atoms with Gasteiger partial charge in [0.25, 0.3) is 0 Å². The number of fused-ring (bicyclic) bond motifs is 1. The molecular formula is C20H27N3O4. The summed E-state index contributed by atoms with van der Waals surface area (Å²) in [4.78, 5) is 30.3. The average Bonchev–Trinajstić information content (AvgIpc) is 3.38. The number of benzene rings is 1. The van der Waals surface area contributed by atoms with E-state index in [1.165, 1.54) is 5.56 Å². The Labute approximate surface area is 159 Å². The second kappa shape index (κ2) is 7.76. The molecule has 7 heteroatoms. The Bertz CT molecular complexity index is 711. The molecule has 7 nitrogen and oxygen atoms in total. The molecule has 0 spiro atoms. The number of rotatable bonds is 6. The van der Waals surface area contributed by atoms with Gasteiger partial charge in [0.15, 0.2) is 11.5 Å². The first-order valence-electron chi connectivity index (χ1n) is 9.76. The zero-order valence-electron chi connectivity index (χ0n) is 15.9. The molecule has 3 aliphatic rings. The third-order valence-electron chi connectivity index (χ3n) is 5.53. The maximum Gasteiger partial charge on any atom is 0.231 e. The monoisotopic (exact) mass is 373 g/mol. The van der Waals surface area contributed by atoms with Gasteiger partial charge in [-0.1, -0.05) is 6.07 Å². The molecule has 1 saturated carbocycles. The molecule has 0 N–H and O–H groups in total. The number of nitrogens with zero attached hydrogens (tertiary/aromatic N) is 3. The Balaban J connectivity index is 1.22. The van der Waals surface area contributed by atoms with Gasteiger partial charge in [-0.3, -0.25) is 14.5 Å². The van der Waals surface area contributed by atoms with Gasteiger partial charge in [0.2, 0.25) is 18.6 Å². The molecule has 2 heterocycles. The molecule has 0 bridgehead atoms. The molecule has 27 heavy (non-hydrogen) atoms. The molecular weight excluding hydrogens is 346 g/mol. The smallest absolute Gasteiger partial charge is 0.231 e. The van der Waals surface area contributed by atoms with E-state index in [-0.39, 0.29) is 11.8 Å². The number of carbonyl (C=O) groups is 2. The van der Waals surface area contributed by atoms with Crippen LogP contribution in [0.3, 0.4) is 0 Å². The van der Waals surface area contributed by atoms with Crippen molar-refractivity contribution in [2.75, 3.05) is 39.5 Å². The molecule has 0 unspecified atom stereocenters. The summed E-state index contributed by atoms with van der Waals surface area (Å²) in [6, 6.07) is 6.43. The highest BCUT2D eigenvalue weighted by atomic mass is 16.7. The molecule has 0 aromatic heterocycles. The summed E-state index contributed by atoms with van der Waals surface area (Å²) in [7, 11) is 0. The van der Waals surface area contributed by atoms with Gasteiger partial charge in [0.05, 0.1) is 0 Å². The fourth-order valence-corrected chi connectivity index (χ4v) is 3.81. The molecule has 2 fully saturated rings. The van der Waals surface area contributed by atoms with Crippen LogP contribution in [0.5, 0.6) is 11.5 Å². The van der Waals surface area contributed by atoms with Crippen LogP contribution in [-0.2, 0) is 16.1 Å². The minimum atomic E-state index is 0.0823. The molecule has 4 rings (SSSR count). The molecule has 1 aromatic carbocycles. The number of carbonyl (C=O) groups excluding carboxylic acids is 2. The van der Waals surface area contributed by atoms with Crippen molar-refractivity contribution >= 4 is 11.8 Å². The third-order valence-corrected chi connectivity index (χ3v) is 5.53. The zero-order valence-corrected chi connectivity index (χ0v) is 15.9. The third kappa shape index (κ3) is 4.35. The molecule has 1 aromatic rings. The van der Waals surface area contributed by atoms with Crippen LogP contribution in [-0.4, -0.2) is 72.1 Å². The molecule has 2 aliphatic heterocycles. The van der Waals surface area contributed by atoms with Crippen LogP contribution in [0.4, 0.5) is 0 Å². The molecule has 146 valence electrons. The second-order valence-corrected chi connectivity index (χ2v) is 7.54. The SMILES string of the molecule is CC(=O)N(CCC(=O)N1CCN(Cc2ccc3c(c2)OCO3)CC1)C1CC1. The van der Waals surface area contributed by atoms with Crippen LogP contribution in [0.15, 0.2) is 18.2 Å². The van der Waals surface area contributed by atoms with Gasteiger partial charge in [-0.15, -0.1) is 0 Å². The Morgan fingerprint density at radius 3 is 2.56 bits per heavy atom. The topological polar surface area (TPSA) is 62.3 Å². The van der Waals surface area contributed by atoms with Gasteiger partial charge in [-0.2, -0.15) is 0 Å². The lowest BCUT2D eigenvalue weighted by atomic mass is 10.1. The van der Waals surface area contributed by atoms with Crippen LogP contribution < -0.4 is 9.47 Å². The summed E-state index contributed by atoms with van der Waals surface area (Å²) >= 11 is 0. The normalized spacial score (nSPS) is 19.2. The first kappa shape index (κ1) is 18.1. The van der Waals surface area contributed by atoms with E-state index < -0.39 is 0 Å². The summed E-state index contributed by atoms with van der Waals surface area (Å²) in [5, 5.41) is 0. The van der Waals surface area contributed by atoms with Crippen molar-refractivity contribution in [3.05, 3.63) is 23.8 Å². The van der Waals surface area contributed by atoms with Gasteiger partial charge >= 0.3 is 0 Å². The Morgan fingerprint density at radius 1 is 1.11 bits per heavy atom. The van der Waals surface area contributed by atoms with Crippen molar-refractivity contribution in [2.24, 2.45) is 0 Å². The predicted molar refractivity (Wildman–Crippen MR) is 99.4 cm³/mol. The van der Waals surface area contributed by atoms with E-state index in [1.54, 1.807) is 6.92 Å². The van der Waals surface area contributed by atoms with Crippen molar-refractivity contribution in [1.82, 2.24) is 14.7 Å². The highest BCUT2D eigenvalue weighted by molar-refractivity contribution is 5.78. The standard InChI is InChI=1S/C20H27N3O4/c1-15(24)23(17-3-4-17)7-6-20(25)22-10-8-21(9-11-22)13-16-2-5-18-19(12-16)27-14-26-18/h2,5,12,17H,3-4,6-11,13-14H2,1H3. The fourth-order valence-electron chi connectivity index (χ4n) is 3.81. The largest absolute Gasteiger partial charge is 0.454 e. The lowest BCUT2D eigenvalue weighted by molar-refractivity contribution is -0.135. The Hall–Kier alpha value is -2.28. The van der Waals surface area contributed by atoms with Crippen molar-refractivity contribution in [2.45, 2.75) is 38.8 Å². The first-order valence-corrected chi connectivity index (χ1v) is 9.76. The van der Waals surface area contributed by atoms with Gasteiger partial charge in [-0.25, -0.2) is 0 Å². The van der Waals surface area contributed by atoms with Crippen LogP contribution in [0.2, 0.25) is 0 Å². The van der Waals surface area contributed by atoms with E-state index >= 15 is 0 Å². The summed E-state index contributed by atoms with van der Waals surface area (Å²) in [6.45, 7) is 6.49. The number of hydrogen-bond acceptors (Lipinski definition) is 5. The van der Waals surface area contributed by atoms with Crippen molar-refractivity contribution in [1.29, 1.82) is 0 Å². The lowest BCUT2D eigenvalue weighted by Crippen LogP contribution is -2.49. The number of piperazine rings is 1. The van der Waals surface area contributed by atoms with Gasteiger partial charge in [0, 0.05) is 58.7 Å². The molecule has 0 radical (unpaired) electrons. The van der Waals surface area contributed by atoms with E-state index in [4.69, 9.17) is 9.47 Å². The van der Waals surface area contributed by atoms with Gasteiger partial charge in [-0.05, 0) is 30.5 Å². The number of amides is 2. The molecule has 0 atom stereocenters. The maximum atomic E-state index is 12.5. The zero-order chi connectivity index (χ0) is 18.8. The summed E-state index contributed by atoms with van der Waals surface area (Å²) in [6.07, 6.45) is 2.58. The summed E-state index contributed by atoms with van der Waals surface area (Å²) in [5.74, 6) is 1.86. The molecule has 1 aliphatic carbocycles. The fraction of sp³-hybridized carbons (Fsp3) is 0.600.